The Balaban J connectivity index is 2.72. The van der Waals surface area contributed by atoms with Gasteiger partial charge in [0.15, 0.2) is 0 Å². The van der Waals surface area contributed by atoms with Crippen LogP contribution in [-0.2, 0) is 10.0 Å². The fraction of sp³-hybridized carbons (Fsp3) is 1.00. The lowest BCUT2D eigenvalue weighted by Gasteiger charge is -2.37. The van der Waals surface area contributed by atoms with Crippen molar-refractivity contribution < 1.29 is 8.42 Å². The molecule has 1 rings (SSSR count). The summed E-state index contributed by atoms with van der Waals surface area (Å²) in [5.74, 6) is 0.446. The molecule has 0 aromatic rings. The van der Waals surface area contributed by atoms with Crippen molar-refractivity contribution in [1.29, 1.82) is 0 Å². The van der Waals surface area contributed by atoms with E-state index >= 15 is 0 Å². The summed E-state index contributed by atoms with van der Waals surface area (Å²) in [6, 6.07) is 0.122. The van der Waals surface area contributed by atoms with Crippen LogP contribution in [0.25, 0.3) is 0 Å². The number of hydrogen-bond acceptors (Lipinski definition) is 3. The minimum Gasteiger partial charge on any atom is -0.310 e. The predicted octanol–water partition coefficient (Wildman–Crippen LogP) is 2.21. The van der Waals surface area contributed by atoms with Crippen LogP contribution in [0, 0.1) is 5.92 Å². The quantitative estimate of drug-likeness (QED) is 0.844. The van der Waals surface area contributed by atoms with E-state index < -0.39 is 10.0 Å². The smallest absolute Gasteiger partial charge is 0.214 e. The van der Waals surface area contributed by atoms with Gasteiger partial charge in [0.25, 0.3) is 0 Å². The minimum atomic E-state index is -3.11. The van der Waals surface area contributed by atoms with E-state index in [2.05, 4.69) is 26.1 Å². The predicted molar refractivity (Wildman–Crippen MR) is 80.7 cm³/mol. The first-order valence-corrected chi connectivity index (χ1v) is 8.97. The average Bonchev–Trinajstić information content (AvgIpc) is 2.24. The zero-order valence-corrected chi connectivity index (χ0v) is 13.9. The van der Waals surface area contributed by atoms with Gasteiger partial charge < -0.3 is 5.32 Å². The maximum absolute atomic E-state index is 12.4. The Kier molecular flexibility index (Phi) is 5.83. The number of nitrogens with one attached hydrogen (secondary N) is 1. The molecule has 1 heterocycles. The minimum absolute atomic E-state index is 0.0327. The maximum atomic E-state index is 12.4. The van der Waals surface area contributed by atoms with Crippen molar-refractivity contribution in [1.82, 2.24) is 9.62 Å². The highest BCUT2D eigenvalue weighted by Gasteiger charge is 2.32. The second-order valence-electron chi connectivity index (χ2n) is 7.06. The van der Waals surface area contributed by atoms with E-state index in [-0.39, 0.29) is 23.3 Å². The highest BCUT2D eigenvalue weighted by Crippen LogP contribution is 2.22. The van der Waals surface area contributed by atoms with Gasteiger partial charge in [-0.1, -0.05) is 20.3 Å². The Labute approximate surface area is 119 Å². The molecule has 114 valence electrons. The van der Waals surface area contributed by atoms with Gasteiger partial charge in [-0.3, -0.25) is 0 Å². The highest BCUT2D eigenvalue weighted by molar-refractivity contribution is 7.89. The molecular formula is C14H30N2O2S. The van der Waals surface area contributed by atoms with E-state index in [0.717, 1.165) is 25.8 Å². The van der Waals surface area contributed by atoms with Crippen LogP contribution in [0.4, 0.5) is 0 Å². The molecule has 0 bridgehead atoms. The third-order valence-corrected chi connectivity index (χ3v) is 5.63. The largest absolute Gasteiger partial charge is 0.310 e. The summed E-state index contributed by atoms with van der Waals surface area (Å²) in [4.78, 5) is 0. The van der Waals surface area contributed by atoms with Crippen LogP contribution in [0.1, 0.15) is 53.9 Å². The van der Waals surface area contributed by atoms with Crippen LogP contribution >= 0.6 is 0 Å². The molecule has 1 N–H and O–H groups in total. The molecule has 1 atom stereocenters. The molecule has 0 aliphatic carbocycles. The molecule has 1 unspecified atom stereocenters. The summed E-state index contributed by atoms with van der Waals surface area (Å²) < 4.78 is 26.6. The normalized spacial score (nSPS) is 22.9. The molecule has 1 aliphatic heterocycles. The van der Waals surface area contributed by atoms with E-state index in [1.165, 1.54) is 0 Å². The topological polar surface area (TPSA) is 49.4 Å². The Bertz CT molecular complexity index is 371. The molecule has 4 nitrogen and oxygen atoms in total. The molecule has 0 spiro atoms. The number of piperidine rings is 1. The summed E-state index contributed by atoms with van der Waals surface area (Å²) in [5.41, 5.74) is 0.0327. The lowest BCUT2D eigenvalue weighted by molar-refractivity contribution is 0.230. The SMILES string of the molecule is CC(C)CS(=O)(=O)N1CCCCC1CNC(C)(C)C. The van der Waals surface area contributed by atoms with E-state index in [1.54, 1.807) is 4.31 Å². The first kappa shape index (κ1) is 16.9. The number of sulfonamides is 1. The third-order valence-electron chi connectivity index (χ3n) is 3.34. The zero-order chi connectivity index (χ0) is 14.7. The fourth-order valence-corrected chi connectivity index (χ4v) is 4.56. The molecule has 19 heavy (non-hydrogen) atoms. The molecule has 1 saturated heterocycles. The first-order chi connectivity index (χ1) is 8.62. The lowest BCUT2D eigenvalue weighted by Crippen LogP contribution is -2.52. The molecule has 0 radical (unpaired) electrons. The molecule has 5 heteroatoms. The van der Waals surface area contributed by atoms with E-state index in [1.807, 2.05) is 13.8 Å². The summed E-state index contributed by atoms with van der Waals surface area (Å²) in [7, 11) is -3.11. The number of nitrogens with zero attached hydrogens (tertiary/aromatic N) is 1. The van der Waals surface area contributed by atoms with Crippen LogP contribution in [0.5, 0.6) is 0 Å². The van der Waals surface area contributed by atoms with Crippen LogP contribution in [0.15, 0.2) is 0 Å². The fourth-order valence-electron chi connectivity index (χ4n) is 2.49. The zero-order valence-electron chi connectivity index (χ0n) is 13.1. The van der Waals surface area contributed by atoms with Gasteiger partial charge in [-0.05, 0) is 39.5 Å². The molecule has 1 fully saturated rings. The molecule has 0 aromatic carbocycles. The number of rotatable bonds is 5. The van der Waals surface area contributed by atoms with Crippen molar-refractivity contribution >= 4 is 10.0 Å². The monoisotopic (exact) mass is 290 g/mol. The van der Waals surface area contributed by atoms with Gasteiger partial charge in [-0.15, -0.1) is 0 Å². The van der Waals surface area contributed by atoms with Crippen LogP contribution in [0.2, 0.25) is 0 Å². The van der Waals surface area contributed by atoms with Crippen LogP contribution in [0.3, 0.4) is 0 Å². The van der Waals surface area contributed by atoms with E-state index in [4.69, 9.17) is 0 Å². The lowest BCUT2D eigenvalue weighted by atomic mass is 10.0. The van der Waals surface area contributed by atoms with Gasteiger partial charge in [-0.25, -0.2) is 8.42 Å². The van der Waals surface area contributed by atoms with E-state index in [9.17, 15) is 8.42 Å². The van der Waals surface area contributed by atoms with Crippen molar-refractivity contribution in [2.45, 2.75) is 65.5 Å². The van der Waals surface area contributed by atoms with Gasteiger partial charge in [0.2, 0.25) is 10.0 Å². The number of hydrogen-bond donors (Lipinski definition) is 1. The maximum Gasteiger partial charge on any atom is 0.214 e. The second-order valence-corrected chi connectivity index (χ2v) is 9.03. The van der Waals surface area contributed by atoms with Crippen molar-refractivity contribution in [3.8, 4) is 0 Å². The molecular weight excluding hydrogens is 260 g/mol. The van der Waals surface area contributed by atoms with Gasteiger partial charge in [0.05, 0.1) is 5.75 Å². The van der Waals surface area contributed by atoms with Gasteiger partial charge in [-0.2, -0.15) is 4.31 Å². The van der Waals surface area contributed by atoms with Crippen LogP contribution < -0.4 is 5.32 Å². The Morgan fingerprint density at radius 1 is 1.26 bits per heavy atom. The summed E-state index contributed by atoms with van der Waals surface area (Å²) >= 11 is 0. The van der Waals surface area contributed by atoms with Crippen molar-refractivity contribution in [3.05, 3.63) is 0 Å². The van der Waals surface area contributed by atoms with Crippen LogP contribution in [-0.4, -0.2) is 43.1 Å². The molecule has 0 amide bonds. The van der Waals surface area contributed by atoms with Gasteiger partial charge in [0, 0.05) is 24.7 Å². The Hall–Kier alpha value is -0.130. The molecule has 0 aromatic heterocycles. The third kappa shape index (κ3) is 5.79. The van der Waals surface area contributed by atoms with E-state index in [0.29, 0.717) is 6.54 Å². The molecule has 0 saturated carbocycles. The summed E-state index contributed by atoms with van der Waals surface area (Å²) in [6.45, 7) is 11.7. The first-order valence-electron chi connectivity index (χ1n) is 7.36. The second kappa shape index (κ2) is 6.55. The average molecular weight is 290 g/mol. The Morgan fingerprint density at radius 2 is 1.89 bits per heavy atom. The summed E-state index contributed by atoms with van der Waals surface area (Å²) in [6.07, 6.45) is 3.09. The van der Waals surface area contributed by atoms with Crippen molar-refractivity contribution in [2.75, 3.05) is 18.8 Å². The summed E-state index contributed by atoms with van der Waals surface area (Å²) in [5, 5.41) is 3.44. The standard InChI is InChI=1S/C14H30N2O2S/c1-12(2)11-19(17,18)16-9-7-6-8-13(16)10-15-14(3,4)5/h12-13,15H,6-11H2,1-5H3. The highest BCUT2D eigenvalue weighted by atomic mass is 32.2. The van der Waals surface area contributed by atoms with Gasteiger partial charge >= 0.3 is 0 Å². The molecule has 1 aliphatic rings. The van der Waals surface area contributed by atoms with Gasteiger partial charge in [0.1, 0.15) is 0 Å². The van der Waals surface area contributed by atoms with Crippen molar-refractivity contribution in [2.24, 2.45) is 5.92 Å². The van der Waals surface area contributed by atoms with Crippen molar-refractivity contribution in [3.63, 3.8) is 0 Å². The Morgan fingerprint density at radius 3 is 2.42 bits per heavy atom.